The van der Waals surface area contributed by atoms with E-state index in [1.165, 1.54) is 30.6 Å². The van der Waals surface area contributed by atoms with Crippen molar-refractivity contribution in [2.24, 2.45) is 5.41 Å². The summed E-state index contributed by atoms with van der Waals surface area (Å²) in [4.78, 5) is 24.5. The lowest BCUT2D eigenvalue weighted by molar-refractivity contribution is 0.0821. The molecular weight excluding hydrogens is 278 g/mol. The Balaban J connectivity index is 1.68. The van der Waals surface area contributed by atoms with Crippen LogP contribution in [0.3, 0.4) is 0 Å². The van der Waals surface area contributed by atoms with Crippen molar-refractivity contribution in [3.8, 4) is 0 Å². The van der Waals surface area contributed by atoms with Crippen LogP contribution in [0.25, 0.3) is 0 Å². The number of nitrogens with one attached hydrogen (secondary N) is 1. The molecule has 3 rings (SSSR count). The number of carbonyl (C=O) groups is 1. The average Bonchev–Trinajstić information content (AvgIpc) is 2.55. The van der Waals surface area contributed by atoms with Gasteiger partial charge in [0.05, 0.1) is 12.4 Å². The zero-order chi connectivity index (χ0) is 15.6. The summed E-state index contributed by atoms with van der Waals surface area (Å²) in [5.41, 5.74) is 0.941. The number of rotatable bonds is 2. The molecule has 1 spiro atoms. The Morgan fingerprint density at radius 3 is 2.50 bits per heavy atom. The molecule has 0 atom stereocenters. The first-order valence-corrected chi connectivity index (χ1v) is 8.09. The van der Waals surface area contributed by atoms with Gasteiger partial charge in [0.1, 0.15) is 11.5 Å². The molecule has 6 nitrogen and oxygen atoms in total. The molecule has 0 aliphatic carbocycles. The maximum Gasteiger partial charge on any atom is 0.273 e. The fourth-order valence-electron chi connectivity index (χ4n) is 3.51. The van der Waals surface area contributed by atoms with Gasteiger partial charge in [0.25, 0.3) is 5.91 Å². The van der Waals surface area contributed by atoms with Crippen LogP contribution in [-0.2, 0) is 0 Å². The zero-order valence-electron chi connectivity index (χ0n) is 13.5. The van der Waals surface area contributed by atoms with Crippen LogP contribution >= 0.6 is 0 Å². The summed E-state index contributed by atoms with van der Waals surface area (Å²) >= 11 is 0. The molecule has 1 aromatic heterocycles. The third kappa shape index (κ3) is 3.06. The van der Waals surface area contributed by atoms with Gasteiger partial charge in [-0.3, -0.25) is 9.78 Å². The minimum Gasteiger partial charge on any atom is -0.355 e. The minimum absolute atomic E-state index is 0.0961. The highest BCUT2D eigenvalue weighted by molar-refractivity contribution is 5.91. The maximum absolute atomic E-state index is 12.0. The third-order valence-corrected chi connectivity index (χ3v) is 5.06. The molecule has 6 heteroatoms. The lowest BCUT2D eigenvalue weighted by Gasteiger charge is -2.44. The Bertz CT molecular complexity index is 529. The van der Waals surface area contributed by atoms with Crippen molar-refractivity contribution in [1.82, 2.24) is 20.2 Å². The first-order valence-electron chi connectivity index (χ1n) is 8.09. The summed E-state index contributed by atoms with van der Waals surface area (Å²) in [6.07, 6.45) is 8.30. The molecule has 0 unspecified atom stereocenters. The van der Waals surface area contributed by atoms with Crippen molar-refractivity contribution in [3.05, 3.63) is 18.1 Å². The highest BCUT2D eigenvalue weighted by atomic mass is 16.2. The van der Waals surface area contributed by atoms with Crippen molar-refractivity contribution < 1.29 is 4.79 Å². The lowest BCUT2D eigenvalue weighted by atomic mass is 9.71. The second-order valence-corrected chi connectivity index (χ2v) is 6.70. The van der Waals surface area contributed by atoms with Crippen molar-refractivity contribution in [2.75, 3.05) is 45.2 Å². The van der Waals surface area contributed by atoms with E-state index in [4.69, 9.17) is 0 Å². The average molecular weight is 303 g/mol. The van der Waals surface area contributed by atoms with Gasteiger partial charge in [-0.1, -0.05) is 0 Å². The molecule has 2 fully saturated rings. The molecular formula is C16H25N5O. The molecule has 22 heavy (non-hydrogen) atoms. The molecule has 0 aromatic carbocycles. The van der Waals surface area contributed by atoms with Gasteiger partial charge in [0.15, 0.2) is 0 Å². The number of carbonyl (C=O) groups excluding carboxylic acids is 1. The highest BCUT2D eigenvalue weighted by Gasteiger charge is 2.35. The van der Waals surface area contributed by atoms with Crippen molar-refractivity contribution >= 4 is 11.7 Å². The topological polar surface area (TPSA) is 61.4 Å². The van der Waals surface area contributed by atoms with Gasteiger partial charge in [0.2, 0.25) is 0 Å². The second-order valence-electron chi connectivity index (χ2n) is 6.70. The minimum atomic E-state index is -0.0961. The van der Waals surface area contributed by atoms with Crippen LogP contribution in [0.4, 0.5) is 5.82 Å². The van der Waals surface area contributed by atoms with Crippen LogP contribution in [0, 0.1) is 5.41 Å². The monoisotopic (exact) mass is 303 g/mol. The number of piperidine rings is 2. The number of nitrogens with zero attached hydrogens (tertiary/aromatic N) is 4. The van der Waals surface area contributed by atoms with E-state index in [9.17, 15) is 4.79 Å². The zero-order valence-corrected chi connectivity index (χ0v) is 13.5. The second kappa shape index (κ2) is 6.20. The first-order chi connectivity index (χ1) is 10.6. The Labute approximate surface area is 131 Å². The SMILES string of the molecule is CN(C)C(=O)c1cncc(N2CCC3(CCNCC3)CC2)n1. The van der Waals surface area contributed by atoms with E-state index in [0.29, 0.717) is 11.1 Å². The van der Waals surface area contributed by atoms with Crippen molar-refractivity contribution in [2.45, 2.75) is 25.7 Å². The number of hydrogen-bond acceptors (Lipinski definition) is 5. The molecule has 1 N–H and O–H groups in total. The largest absolute Gasteiger partial charge is 0.355 e. The van der Waals surface area contributed by atoms with E-state index in [0.717, 1.165) is 32.0 Å². The van der Waals surface area contributed by atoms with Gasteiger partial charge < -0.3 is 15.1 Å². The summed E-state index contributed by atoms with van der Waals surface area (Å²) < 4.78 is 0. The van der Waals surface area contributed by atoms with Crippen LogP contribution < -0.4 is 10.2 Å². The van der Waals surface area contributed by atoms with Gasteiger partial charge >= 0.3 is 0 Å². The standard InChI is InChI=1S/C16H25N5O/c1-20(2)15(22)13-11-18-12-14(19-13)21-9-5-16(6-10-21)3-7-17-8-4-16/h11-12,17H,3-10H2,1-2H3. The molecule has 1 amide bonds. The molecule has 120 valence electrons. The number of aromatic nitrogens is 2. The summed E-state index contributed by atoms with van der Waals surface area (Å²) in [7, 11) is 3.47. The van der Waals surface area contributed by atoms with E-state index in [1.807, 2.05) is 0 Å². The van der Waals surface area contributed by atoms with Crippen LogP contribution in [0.15, 0.2) is 12.4 Å². The predicted octanol–water partition coefficient (Wildman–Crippen LogP) is 1.15. The molecule has 2 aliphatic heterocycles. The van der Waals surface area contributed by atoms with Gasteiger partial charge in [0, 0.05) is 27.2 Å². The number of anilines is 1. The van der Waals surface area contributed by atoms with E-state index in [2.05, 4.69) is 20.2 Å². The van der Waals surface area contributed by atoms with Crippen LogP contribution in [0.2, 0.25) is 0 Å². The van der Waals surface area contributed by atoms with Gasteiger partial charge in [-0.05, 0) is 44.2 Å². The molecule has 2 aliphatic rings. The third-order valence-electron chi connectivity index (χ3n) is 5.06. The number of hydrogen-bond donors (Lipinski definition) is 1. The molecule has 3 heterocycles. The smallest absolute Gasteiger partial charge is 0.273 e. The fraction of sp³-hybridized carbons (Fsp3) is 0.688. The lowest BCUT2D eigenvalue weighted by Crippen LogP contribution is -2.45. The summed E-state index contributed by atoms with van der Waals surface area (Å²) in [6, 6.07) is 0. The quantitative estimate of drug-likeness (QED) is 0.888. The van der Waals surface area contributed by atoms with Gasteiger partial charge in [-0.25, -0.2) is 4.98 Å². The summed E-state index contributed by atoms with van der Waals surface area (Å²) in [5, 5.41) is 3.45. The Hall–Kier alpha value is -1.69. The molecule has 2 saturated heterocycles. The highest BCUT2D eigenvalue weighted by Crippen LogP contribution is 2.40. The summed E-state index contributed by atoms with van der Waals surface area (Å²) in [6.45, 7) is 4.31. The fourth-order valence-corrected chi connectivity index (χ4v) is 3.51. The van der Waals surface area contributed by atoms with Crippen molar-refractivity contribution in [3.63, 3.8) is 0 Å². The van der Waals surface area contributed by atoms with E-state index in [-0.39, 0.29) is 5.91 Å². The van der Waals surface area contributed by atoms with Crippen LogP contribution in [0.1, 0.15) is 36.2 Å². The predicted molar refractivity (Wildman–Crippen MR) is 86.0 cm³/mol. The number of amides is 1. The van der Waals surface area contributed by atoms with Gasteiger partial charge in [-0.15, -0.1) is 0 Å². The van der Waals surface area contributed by atoms with Crippen LogP contribution in [0.5, 0.6) is 0 Å². The molecule has 0 saturated carbocycles. The van der Waals surface area contributed by atoms with Crippen LogP contribution in [-0.4, -0.2) is 61.0 Å². The van der Waals surface area contributed by atoms with E-state index in [1.54, 1.807) is 26.5 Å². The maximum atomic E-state index is 12.0. The Morgan fingerprint density at radius 2 is 1.86 bits per heavy atom. The molecule has 0 bridgehead atoms. The van der Waals surface area contributed by atoms with E-state index < -0.39 is 0 Å². The molecule has 0 radical (unpaired) electrons. The Morgan fingerprint density at radius 1 is 1.18 bits per heavy atom. The first kappa shape index (κ1) is 15.2. The van der Waals surface area contributed by atoms with E-state index >= 15 is 0 Å². The van der Waals surface area contributed by atoms with Gasteiger partial charge in [-0.2, -0.15) is 0 Å². The normalized spacial score (nSPS) is 20.9. The summed E-state index contributed by atoms with van der Waals surface area (Å²) in [5.74, 6) is 0.734. The van der Waals surface area contributed by atoms with Crippen molar-refractivity contribution in [1.29, 1.82) is 0 Å². The molecule has 1 aromatic rings. The Kier molecular flexibility index (Phi) is 4.29.